The van der Waals surface area contributed by atoms with Crippen LogP contribution in [-0.2, 0) is 0 Å². The highest BCUT2D eigenvalue weighted by atomic mass is 19.1. The third kappa shape index (κ3) is 3.44. The zero-order valence-corrected chi connectivity index (χ0v) is 12.0. The van der Waals surface area contributed by atoms with Crippen molar-refractivity contribution in [3.8, 4) is 0 Å². The molecule has 0 heterocycles. The molecule has 104 valence electrons. The molecule has 0 saturated carbocycles. The fraction of sp³-hybridized carbons (Fsp3) is 0.235. The number of nitrogens with one attached hydrogen (secondary N) is 1. The summed E-state index contributed by atoms with van der Waals surface area (Å²) in [5.74, 6) is -0.337. The topological polar surface area (TPSA) is 29.1 Å². The van der Waals surface area contributed by atoms with Crippen LogP contribution in [0.3, 0.4) is 0 Å². The highest BCUT2D eigenvalue weighted by Gasteiger charge is 2.08. The lowest BCUT2D eigenvalue weighted by Crippen LogP contribution is -2.14. The second-order valence-corrected chi connectivity index (χ2v) is 5.12. The maximum absolute atomic E-state index is 13.2. The molecule has 0 aliphatic carbocycles. The van der Waals surface area contributed by atoms with Crippen molar-refractivity contribution in [2.75, 3.05) is 11.9 Å². The third-order valence-electron chi connectivity index (χ3n) is 3.15. The average molecular weight is 271 g/mol. The van der Waals surface area contributed by atoms with E-state index < -0.39 is 0 Å². The molecule has 0 fully saturated rings. The molecule has 0 aliphatic heterocycles. The fourth-order valence-corrected chi connectivity index (χ4v) is 2.18. The van der Waals surface area contributed by atoms with Gasteiger partial charge in [0.1, 0.15) is 5.82 Å². The Labute approximate surface area is 118 Å². The van der Waals surface area contributed by atoms with E-state index in [0.29, 0.717) is 11.1 Å². The first kappa shape index (κ1) is 14.3. The molecule has 0 unspecified atom stereocenters. The summed E-state index contributed by atoms with van der Waals surface area (Å²) in [7, 11) is 0. The largest absolute Gasteiger partial charge is 0.378 e. The molecule has 20 heavy (non-hydrogen) atoms. The van der Waals surface area contributed by atoms with Crippen molar-refractivity contribution in [2.45, 2.75) is 20.8 Å². The number of halogens is 1. The van der Waals surface area contributed by atoms with Crippen molar-refractivity contribution in [1.82, 2.24) is 0 Å². The summed E-state index contributed by atoms with van der Waals surface area (Å²) < 4.78 is 13.2. The molecule has 2 aromatic rings. The number of Topliss-reactive ketones (excluding diaryl/α,β-unsaturated/α-hetero) is 1. The van der Waals surface area contributed by atoms with E-state index in [1.54, 1.807) is 13.0 Å². The molecule has 0 atom stereocenters. The summed E-state index contributed by atoms with van der Waals surface area (Å²) in [6, 6.07) is 10.5. The van der Waals surface area contributed by atoms with Crippen molar-refractivity contribution < 1.29 is 9.18 Å². The maximum atomic E-state index is 13.2. The predicted molar refractivity (Wildman–Crippen MR) is 79.9 cm³/mol. The lowest BCUT2D eigenvalue weighted by atomic mass is 10.1. The monoisotopic (exact) mass is 271 g/mol. The van der Waals surface area contributed by atoms with Crippen LogP contribution >= 0.6 is 0 Å². The number of carbonyl (C=O) groups excluding carboxylic acids is 1. The molecule has 3 heteroatoms. The molecule has 0 radical (unpaired) electrons. The van der Waals surface area contributed by atoms with E-state index in [9.17, 15) is 9.18 Å². The molecule has 0 bridgehead atoms. The molecule has 0 aromatic heterocycles. The molecular weight excluding hydrogens is 253 g/mol. The van der Waals surface area contributed by atoms with Gasteiger partial charge in [-0.25, -0.2) is 4.39 Å². The van der Waals surface area contributed by atoms with E-state index in [1.165, 1.54) is 12.1 Å². The molecule has 0 amide bonds. The van der Waals surface area contributed by atoms with Crippen LogP contribution in [0.5, 0.6) is 0 Å². The van der Waals surface area contributed by atoms with Gasteiger partial charge in [0.15, 0.2) is 5.78 Å². The molecule has 0 saturated heterocycles. The maximum Gasteiger partial charge on any atom is 0.181 e. The molecule has 0 aliphatic rings. The van der Waals surface area contributed by atoms with Gasteiger partial charge in [0.25, 0.3) is 0 Å². The van der Waals surface area contributed by atoms with Crippen LogP contribution in [0, 0.1) is 26.6 Å². The Morgan fingerprint density at radius 2 is 1.70 bits per heavy atom. The van der Waals surface area contributed by atoms with Crippen LogP contribution in [0.25, 0.3) is 0 Å². The number of benzene rings is 2. The van der Waals surface area contributed by atoms with Crippen LogP contribution in [0.2, 0.25) is 0 Å². The Balaban J connectivity index is 2.06. The van der Waals surface area contributed by atoms with E-state index in [0.717, 1.165) is 16.8 Å². The van der Waals surface area contributed by atoms with Crippen LogP contribution in [0.15, 0.2) is 36.4 Å². The van der Waals surface area contributed by atoms with Crippen molar-refractivity contribution in [1.29, 1.82) is 0 Å². The van der Waals surface area contributed by atoms with Crippen LogP contribution < -0.4 is 5.32 Å². The Hall–Kier alpha value is -2.16. The highest BCUT2D eigenvalue weighted by molar-refractivity contribution is 5.99. The Bertz CT molecular complexity index is 629. The lowest BCUT2D eigenvalue weighted by Gasteiger charge is -2.08. The summed E-state index contributed by atoms with van der Waals surface area (Å²) in [5.41, 5.74) is 4.24. The van der Waals surface area contributed by atoms with E-state index in [2.05, 4.69) is 11.4 Å². The number of rotatable bonds is 4. The van der Waals surface area contributed by atoms with Gasteiger partial charge in [0.05, 0.1) is 6.54 Å². The number of hydrogen-bond donors (Lipinski definition) is 1. The number of carbonyl (C=O) groups is 1. The number of ketones is 1. The molecule has 2 rings (SSSR count). The minimum atomic E-state index is -0.288. The first-order chi connectivity index (χ1) is 9.45. The van der Waals surface area contributed by atoms with Gasteiger partial charge in [-0.3, -0.25) is 4.79 Å². The van der Waals surface area contributed by atoms with Crippen molar-refractivity contribution in [2.24, 2.45) is 0 Å². The molecule has 1 N–H and O–H groups in total. The molecular formula is C17H18FNO. The average Bonchev–Trinajstić information content (AvgIpc) is 2.38. The standard InChI is InChI=1S/C17H18FNO/c1-11-6-12(2)8-15(7-11)19-10-17(20)14-4-5-16(18)13(3)9-14/h4-9,19H,10H2,1-3H3. The van der Waals surface area contributed by atoms with Gasteiger partial charge in [-0.2, -0.15) is 0 Å². The molecule has 2 aromatic carbocycles. The second-order valence-electron chi connectivity index (χ2n) is 5.12. The molecule has 2 nitrogen and oxygen atoms in total. The quantitative estimate of drug-likeness (QED) is 0.850. The minimum absolute atomic E-state index is 0.0488. The van der Waals surface area contributed by atoms with E-state index in [1.807, 2.05) is 26.0 Å². The summed E-state index contributed by atoms with van der Waals surface area (Å²) in [4.78, 5) is 12.1. The van der Waals surface area contributed by atoms with Gasteiger partial charge >= 0.3 is 0 Å². The van der Waals surface area contributed by atoms with E-state index >= 15 is 0 Å². The van der Waals surface area contributed by atoms with Gasteiger partial charge < -0.3 is 5.32 Å². The van der Waals surface area contributed by atoms with Crippen molar-refractivity contribution in [3.63, 3.8) is 0 Å². The normalized spacial score (nSPS) is 10.4. The number of aryl methyl sites for hydroxylation is 3. The van der Waals surface area contributed by atoms with E-state index in [4.69, 9.17) is 0 Å². The summed E-state index contributed by atoms with van der Waals surface area (Å²) in [6.07, 6.45) is 0. The van der Waals surface area contributed by atoms with Crippen molar-refractivity contribution >= 4 is 11.5 Å². The zero-order valence-electron chi connectivity index (χ0n) is 12.0. The van der Waals surface area contributed by atoms with Gasteiger partial charge in [0.2, 0.25) is 0 Å². The number of hydrogen-bond acceptors (Lipinski definition) is 2. The van der Waals surface area contributed by atoms with Crippen molar-refractivity contribution in [3.05, 3.63) is 64.5 Å². The summed E-state index contributed by atoms with van der Waals surface area (Å²) >= 11 is 0. The predicted octanol–water partition coefficient (Wildman–Crippen LogP) is 4.05. The Morgan fingerprint density at radius 1 is 1.05 bits per heavy atom. The third-order valence-corrected chi connectivity index (χ3v) is 3.15. The highest BCUT2D eigenvalue weighted by Crippen LogP contribution is 2.14. The first-order valence-electron chi connectivity index (χ1n) is 6.57. The Morgan fingerprint density at radius 3 is 2.30 bits per heavy atom. The first-order valence-corrected chi connectivity index (χ1v) is 6.57. The van der Waals surface area contributed by atoms with Crippen LogP contribution in [0.4, 0.5) is 10.1 Å². The van der Waals surface area contributed by atoms with Gasteiger partial charge in [-0.1, -0.05) is 6.07 Å². The number of anilines is 1. The van der Waals surface area contributed by atoms with Gasteiger partial charge in [-0.15, -0.1) is 0 Å². The van der Waals surface area contributed by atoms with E-state index in [-0.39, 0.29) is 18.1 Å². The second kappa shape index (κ2) is 5.87. The summed E-state index contributed by atoms with van der Waals surface area (Å²) in [6.45, 7) is 5.89. The van der Waals surface area contributed by atoms with Crippen LogP contribution in [0.1, 0.15) is 27.0 Å². The van der Waals surface area contributed by atoms with Crippen LogP contribution in [-0.4, -0.2) is 12.3 Å². The molecule has 0 spiro atoms. The minimum Gasteiger partial charge on any atom is -0.378 e. The Kier molecular flexibility index (Phi) is 4.18. The summed E-state index contributed by atoms with van der Waals surface area (Å²) in [5, 5.41) is 3.12. The zero-order chi connectivity index (χ0) is 14.7. The lowest BCUT2D eigenvalue weighted by molar-refractivity contribution is 0.101. The van der Waals surface area contributed by atoms with Gasteiger partial charge in [0, 0.05) is 11.3 Å². The van der Waals surface area contributed by atoms with Gasteiger partial charge in [-0.05, 0) is 67.8 Å². The fourth-order valence-electron chi connectivity index (χ4n) is 2.18. The SMILES string of the molecule is Cc1cc(C)cc(NCC(=O)c2ccc(F)c(C)c2)c1. The smallest absolute Gasteiger partial charge is 0.181 e.